The Bertz CT molecular complexity index is 526. The molecule has 0 fully saturated rings. The highest BCUT2D eigenvalue weighted by atomic mass is 16.5. The average molecular weight is 275 g/mol. The Morgan fingerprint density at radius 1 is 1.55 bits per heavy atom. The van der Waals surface area contributed by atoms with E-state index in [2.05, 4.69) is 34.3 Å². The van der Waals surface area contributed by atoms with Crippen molar-refractivity contribution in [1.29, 1.82) is 0 Å². The number of hydrogen-bond donors (Lipinski definition) is 2. The molecule has 108 valence electrons. The number of carbonyl (C=O) groups is 1. The van der Waals surface area contributed by atoms with Crippen LogP contribution >= 0.6 is 0 Å². The van der Waals surface area contributed by atoms with Gasteiger partial charge in [0.1, 0.15) is 6.04 Å². The van der Waals surface area contributed by atoms with Gasteiger partial charge in [-0.1, -0.05) is 19.1 Å². The zero-order valence-electron chi connectivity index (χ0n) is 12.0. The second kappa shape index (κ2) is 6.52. The number of hydrazone groups is 1. The SMILES string of the molecule is CCc1cc(CC(N)C(=O)OC)cc2c1NN=CCC2. The van der Waals surface area contributed by atoms with Gasteiger partial charge < -0.3 is 10.5 Å². The summed E-state index contributed by atoms with van der Waals surface area (Å²) in [6.07, 6.45) is 5.15. The number of rotatable bonds is 4. The number of hydrogen-bond acceptors (Lipinski definition) is 5. The molecule has 0 radical (unpaired) electrons. The first kappa shape index (κ1) is 14.5. The van der Waals surface area contributed by atoms with Crippen molar-refractivity contribution in [1.82, 2.24) is 0 Å². The van der Waals surface area contributed by atoms with Gasteiger partial charge in [0.2, 0.25) is 0 Å². The number of carbonyl (C=O) groups excluding carboxylic acids is 1. The molecule has 0 saturated heterocycles. The Kier molecular flexibility index (Phi) is 4.74. The summed E-state index contributed by atoms with van der Waals surface area (Å²) in [5, 5.41) is 4.18. The van der Waals surface area contributed by atoms with Crippen LogP contribution in [0.15, 0.2) is 17.2 Å². The molecule has 1 aliphatic heterocycles. The van der Waals surface area contributed by atoms with Gasteiger partial charge in [0.05, 0.1) is 12.8 Å². The number of benzene rings is 1. The predicted molar refractivity (Wildman–Crippen MR) is 80.0 cm³/mol. The minimum Gasteiger partial charge on any atom is -0.468 e. The molecule has 0 bridgehead atoms. The number of esters is 1. The number of nitrogens with two attached hydrogens (primary N) is 1. The predicted octanol–water partition coefficient (Wildman–Crippen LogP) is 1.64. The fourth-order valence-electron chi connectivity index (χ4n) is 2.46. The summed E-state index contributed by atoms with van der Waals surface area (Å²) in [6.45, 7) is 2.11. The van der Waals surface area contributed by atoms with Gasteiger partial charge in [-0.2, -0.15) is 5.10 Å². The molecule has 5 nitrogen and oxygen atoms in total. The lowest BCUT2D eigenvalue weighted by Crippen LogP contribution is -2.33. The first-order valence-corrected chi connectivity index (χ1v) is 6.91. The smallest absolute Gasteiger partial charge is 0.322 e. The van der Waals surface area contributed by atoms with Crippen molar-refractivity contribution in [2.45, 2.75) is 38.6 Å². The summed E-state index contributed by atoms with van der Waals surface area (Å²) in [6, 6.07) is 3.59. The van der Waals surface area contributed by atoms with E-state index >= 15 is 0 Å². The maximum absolute atomic E-state index is 11.4. The quantitative estimate of drug-likeness (QED) is 0.819. The third-order valence-corrected chi connectivity index (χ3v) is 3.51. The van der Waals surface area contributed by atoms with Crippen LogP contribution in [-0.4, -0.2) is 25.3 Å². The molecule has 1 aliphatic rings. The van der Waals surface area contributed by atoms with E-state index in [9.17, 15) is 4.79 Å². The van der Waals surface area contributed by atoms with Crippen LogP contribution in [-0.2, 0) is 28.8 Å². The number of anilines is 1. The normalized spacial score (nSPS) is 14.9. The highest BCUT2D eigenvalue weighted by Crippen LogP contribution is 2.27. The third-order valence-electron chi connectivity index (χ3n) is 3.51. The number of nitrogens with zero attached hydrogens (tertiary/aromatic N) is 1. The molecule has 1 atom stereocenters. The van der Waals surface area contributed by atoms with Crippen LogP contribution in [0.1, 0.15) is 30.0 Å². The van der Waals surface area contributed by atoms with Crippen LogP contribution in [0.25, 0.3) is 0 Å². The highest BCUT2D eigenvalue weighted by molar-refractivity contribution is 5.76. The van der Waals surface area contributed by atoms with Gasteiger partial charge in [-0.25, -0.2) is 0 Å². The zero-order valence-corrected chi connectivity index (χ0v) is 12.0. The molecule has 1 heterocycles. The molecule has 20 heavy (non-hydrogen) atoms. The molecule has 5 heteroatoms. The van der Waals surface area contributed by atoms with Crippen LogP contribution in [0.5, 0.6) is 0 Å². The summed E-state index contributed by atoms with van der Waals surface area (Å²) < 4.78 is 4.68. The Morgan fingerprint density at radius 3 is 3.05 bits per heavy atom. The van der Waals surface area contributed by atoms with Gasteiger partial charge in [0, 0.05) is 6.21 Å². The van der Waals surface area contributed by atoms with E-state index in [-0.39, 0.29) is 5.97 Å². The van der Waals surface area contributed by atoms with E-state index in [1.165, 1.54) is 18.2 Å². The van der Waals surface area contributed by atoms with Gasteiger partial charge in [0.25, 0.3) is 0 Å². The van der Waals surface area contributed by atoms with E-state index in [1.54, 1.807) is 0 Å². The molecule has 1 aromatic carbocycles. The second-order valence-electron chi connectivity index (χ2n) is 4.94. The largest absolute Gasteiger partial charge is 0.468 e. The Hall–Kier alpha value is -1.88. The standard InChI is InChI=1S/C15H21N3O2/c1-3-11-7-10(9-13(16)15(19)20-2)8-12-5-4-6-17-18-14(11)12/h6-8,13,18H,3-5,9,16H2,1-2H3. The third kappa shape index (κ3) is 3.17. The Labute approximate surface area is 119 Å². The van der Waals surface area contributed by atoms with Crippen molar-refractivity contribution < 1.29 is 9.53 Å². The van der Waals surface area contributed by atoms with Crippen LogP contribution < -0.4 is 11.2 Å². The first-order valence-electron chi connectivity index (χ1n) is 6.91. The minimum absolute atomic E-state index is 0.376. The molecule has 0 aliphatic carbocycles. The summed E-state index contributed by atoms with van der Waals surface area (Å²) in [5.41, 5.74) is 13.5. The zero-order chi connectivity index (χ0) is 14.5. The Balaban J connectivity index is 2.28. The number of ether oxygens (including phenoxy) is 1. The molecular weight excluding hydrogens is 254 g/mol. The van der Waals surface area contributed by atoms with Crippen molar-refractivity contribution in [2.24, 2.45) is 10.8 Å². The maximum Gasteiger partial charge on any atom is 0.322 e. The number of fused-ring (bicyclic) bond motifs is 1. The molecular formula is C15H21N3O2. The highest BCUT2D eigenvalue weighted by Gasteiger charge is 2.17. The molecule has 0 amide bonds. The van der Waals surface area contributed by atoms with Gasteiger partial charge >= 0.3 is 5.97 Å². The fraction of sp³-hybridized carbons (Fsp3) is 0.467. The monoisotopic (exact) mass is 275 g/mol. The molecule has 0 aromatic heterocycles. The maximum atomic E-state index is 11.4. The first-order chi connectivity index (χ1) is 9.65. The van der Waals surface area contributed by atoms with Gasteiger partial charge in [-0.05, 0) is 42.4 Å². The molecule has 1 unspecified atom stereocenters. The van der Waals surface area contributed by atoms with Gasteiger partial charge in [-0.3, -0.25) is 10.2 Å². The summed E-state index contributed by atoms with van der Waals surface area (Å²) in [7, 11) is 1.36. The molecule has 3 N–H and O–H groups in total. The number of aryl methyl sites for hydroxylation is 2. The summed E-state index contributed by atoms with van der Waals surface area (Å²) >= 11 is 0. The van der Waals surface area contributed by atoms with Crippen LogP contribution in [0, 0.1) is 0 Å². The number of methoxy groups -OCH3 is 1. The van der Waals surface area contributed by atoms with Gasteiger partial charge in [0.15, 0.2) is 0 Å². The van der Waals surface area contributed by atoms with Crippen molar-refractivity contribution in [3.63, 3.8) is 0 Å². The van der Waals surface area contributed by atoms with E-state index in [1.807, 2.05) is 6.21 Å². The second-order valence-corrected chi connectivity index (χ2v) is 4.94. The lowest BCUT2D eigenvalue weighted by molar-refractivity contribution is -0.142. The summed E-state index contributed by atoms with van der Waals surface area (Å²) in [4.78, 5) is 11.4. The lowest BCUT2D eigenvalue weighted by atomic mass is 9.95. The lowest BCUT2D eigenvalue weighted by Gasteiger charge is -2.16. The van der Waals surface area contributed by atoms with Crippen LogP contribution in [0.2, 0.25) is 0 Å². The number of nitrogens with one attached hydrogen (secondary N) is 1. The van der Waals surface area contributed by atoms with E-state index in [0.29, 0.717) is 6.42 Å². The van der Waals surface area contributed by atoms with E-state index in [0.717, 1.165) is 30.5 Å². The van der Waals surface area contributed by atoms with Crippen LogP contribution in [0.4, 0.5) is 5.69 Å². The average Bonchev–Trinajstić information content (AvgIpc) is 2.70. The Morgan fingerprint density at radius 2 is 2.35 bits per heavy atom. The van der Waals surface area contributed by atoms with Gasteiger partial charge in [-0.15, -0.1) is 0 Å². The van der Waals surface area contributed by atoms with Crippen molar-refractivity contribution >= 4 is 17.9 Å². The van der Waals surface area contributed by atoms with E-state index in [4.69, 9.17) is 5.73 Å². The fourth-order valence-corrected chi connectivity index (χ4v) is 2.46. The molecule has 0 saturated carbocycles. The molecule has 2 rings (SSSR count). The topological polar surface area (TPSA) is 76.7 Å². The minimum atomic E-state index is -0.613. The van der Waals surface area contributed by atoms with Crippen molar-refractivity contribution in [2.75, 3.05) is 12.5 Å². The van der Waals surface area contributed by atoms with E-state index < -0.39 is 6.04 Å². The molecule has 0 spiro atoms. The van der Waals surface area contributed by atoms with Crippen molar-refractivity contribution in [3.8, 4) is 0 Å². The summed E-state index contributed by atoms with van der Waals surface area (Å²) in [5.74, 6) is -0.376. The van der Waals surface area contributed by atoms with Crippen molar-refractivity contribution in [3.05, 3.63) is 28.8 Å². The molecule has 1 aromatic rings. The van der Waals surface area contributed by atoms with Crippen LogP contribution in [0.3, 0.4) is 0 Å².